The molecule has 0 bridgehead atoms. The topological polar surface area (TPSA) is 197 Å². The van der Waals surface area contributed by atoms with Crippen molar-refractivity contribution in [3.8, 4) is 0 Å². The number of nitrogens with one attached hydrogen (secondary N) is 3. The number of amides is 3. The number of hydrogen-bond donors (Lipinski definition) is 5. The van der Waals surface area contributed by atoms with E-state index in [1.165, 1.54) is 6.92 Å². The summed E-state index contributed by atoms with van der Waals surface area (Å²) in [6.45, 7) is 19.8. The third kappa shape index (κ3) is 33.0. The van der Waals surface area contributed by atoms with Crippen LogP contribution in [-0.2, 0) is 38.2 Å². The first-order valence-electron chi connectivity index (χ1n) is 13.6. The van der Waals surface area contributed by atoms with Crippen LogP contribution in [0.4, 0.5) is 0 Å². The molecule has 0 aromatic carbocycles. The van der Waals surface area contributed by atoms with Crippen LogP contribution in [0.3, 0.4) is 0 Å². The monoisotopic (exact) mass is 593 g/mol. The number of ether oxygens (including phenoxy) is 2. The molecule has 242 valence electrons. The standard InChI is InChI=1S/C16H29N3O6.C9H18O2.C2H6.CH2O2/c1-13(21)11-25-10-9-24-8-7-18-15(23)16(2,3)19-14(22)5-4-6-17-12-20;1-8(2,3)6-9(4,5)7(10)11;1-2;2-1-3/h12H,4-11H2,1-3H3,(H,17,20)(H,18,23)(H,19,22);6H2,1-5H3,(H,10,11);1-2H3;1H,(H,2,3). The lowest BCUT2D eigenvalue weighted by molar-refractivity contribution is -0.148. The highest BCUT2D eigenvalue weighted by molar-refractivity contribution is 5.90. The van der Waals surface area contributed by atoms with E-state index < -0.39 is 16.9 Å². The molecule has 0 spiro atoms. The average Bonchev–Trinajstić information content (AvgIpc) is 2.83. The fourth-order valence-corrected chi connectivity index (χ4v) is 3.17. The quantitative estimate of drug-likeness (QED) is 0.123. The van der Waals surface area contributed by atoms with Gasteiger partial charge in [0.25, 0.3) is 6.47 Å². The van der Waals surface area contributed by atoms with Gasteiger partial charge in [0.2, 0.25) is 18.2 Å². The van der Waals surface area contributed by atoms with Crippen LogP contribution < -0.4 is 16.0 Å². The van der Waals surface area contributed by atoms with Crippen LogP contribution in [0.15, 0.2) is 0 Å². The summed E-state index contributed by atoms with van der Waals surface area (Å²) in [5, 5.41) is 23.5. The molecule has 13 nitrogen and oxygen atoms in total. The van der Waals surface area contributed by atoms with Crippen LogP contribution >= 0.6 is 0 Å². The summed E-state index contributed by atoms with van der Waals surface area (Å²) in [5.74, 6) is -1.33. The molecule has 0 unspecified atom stereocenters. The van der Waals surface area contributed by atoms with E-state index in [1.54, 1.807) is 27.7 Å². The molecule has 0 aliphatic heterocycles. The number of aliphatic carboxylic acids is 1. The number of carboxylic acids is 1. The number of carboxylic acid groups (broad SMARTS) is 2. The number of Topliss-reactive ketones (excluding diaryl/α,β-unsaturated/α-hetero) is 1. The summed E-state index contributed by atoms with van der Waals surface area (Å²) in [7, 11) is 0. The number of ketones is 1. The normalized spacial score (nSPS) is 10.6. The third-order valence-corrected chi connectivity index (χ3v) is 4.59. The first kappa shape index (κ1) is 44.9. The first-order valence-corrected chi connectivity index (χ1v) is 13.6. The highest BCUT2D eigenvalue weighted by atomic mass is 16.5. The van der Waals surface area contributed by atoms with Gasteiger partial charge in [-0.2, -0.15) is 0 Å². The van der Waals surface area contributed by atoms with Crippen molar-refractivity contribution in [1.29, 1.82) is 0 Å². The van der Waals surface area contributed by atoms with Gasteiger partial charge in [0.15, 0.2) is 5.78 Å². The summed E-state index contributed by atoms with van der Waals surface area (Å²) >= 11 is 0. The maximum atomic E-state index is 12.1. The minimum atomic E-state index is -1.04. The molecular formula is C28H55N3O10. The lowest BCUT2D eigenvalue weighted by Gasteiger charge is -2.28. The van der Waals surface area contributed by atoms with Crippen molar-refractivity contribution in [2.75, 3.05) is 39.5 Å². The van der Waals surface area contributed by atoms with Gasteiger partial charge in [-0.1, -0.05) is 34.6 Å². The molecule has 0 atom stereocenters. The maximum absolute atomic E-state index is 12.1. The van der Waals surface area contributed by atoms with Crippen molar-refractivity contribution >= 4 is 36.4 Å². The number of carbonyl (C=O) groups is 6. The molecule has 0 aliphatic rings. The Kier molecular flexibility index (Phi) is 28.4. The Morgan fingerprint density at radius 2 is 1.37 bits per heavy atom. The first-order chi connectivity index (χ1) is 18.9. The highest BCUT2D eigenvalue weighted by Gasteiger charge is 2.32. The van der Waals surface area contributed by atoms with E-state index >= 15 is 0 Å². The summed E-state index contributed by atoms with van der Waals surface area (Å²) in [6, 6.07) is 0. The van der Waals surface area contributed by atoms with Gasteiger partial charge < -0.3 is 35.6 Å². The van der Waals surface area contributed by atoms with Gasteiger partial charge in [0.05, 0.1) is 25.2 Å². The van der Waals surface area contributed by atoms with E-state index in [9.17, 15) is 24.0 Å². The van der Waals surface area contributed by atoms with Crippen molar-refractivity contribution in [2.24, 2.45) is 10.8 Å². The molecule has 0 radical (unpaired) electrons. The summed E-state index contributed by atoms with van der Waals surface area (Å²) in [6.07, 6.45) is 2.00. The SMILES string of the molecule is CC.CC(=O)COCCOCCNC(=O)C(C)(C)NC(=O)CCCNC=O.CC(C)(C)CC(C)(C)C(=O)O.O=CO. The Morgan fingerprint density at radius 1 is 0.854 bits per heavy atom. The largest absolute Gasteiger partial charge is 0.483 e. The zero-order valence-electron chi connectivity index (χ0n) is 26.7. The van der Waals surface area contributed by atoms with Crippen molar-refractivity contribution in [3.63, 3.8) is 0 Å². The Morgan fingerprint density at radius 3 is 1.78 bits per heavy atom. The van der Waals surface area contributed by atoms with Crippen molar-refractivity contribution < 1.29 is 48.5 Å². The Balaban J connectivity index is -0.000000354. The van der Waals surface area contributed by atoms with E-state index in [2.05, 4.69) is 36.7 Å². The number of rotatable bonds is 17. The lowest BCUT2D eigenvalue weighted by atomic mass is 9.76. The highest BCUT2D eigenvalue weighted by Crippen LogP contribution is 2.32. The van der Waals surface area contributed by atoms with E-state index in [0.717, 1.165) is 0 Å². The summed E-state index contributed by atoms with van der Waals surface area (Å²) in [5.41, 5.74) is -1.56. The summed E-state index contributed by atoms with van der Waals surface area (Å²) < 4.78 is 10.3. The smallest absolute Gasteiger partial charge is 0.309 e. The molecule has 5 N–H and O–H groups in total. The number of carbonyl (C=O) groups excluding carboxylic acids is 4. The Labute approximate surface area is 245 Å². The maximum Gasteiger partial charge on any atom is 0.309 e. The van der Waals surface area contributed by atoms with E-state index in [0.29, 0.717) is 52.2 Å². The second-order valence-electron chi connectivity index (χ2n) is 11.0. The second kappa shape index (κ2) is 25.9. The Bertz CT molecular complexity index is 748. The van der Waals surface area contributed by atoms with Crippen LogP contribution in [0.2, 0.25) is 0 Å². The van der Waals surface area contributed by atoms with Crippen LogP contribution in [0.25, 0.3) is 0 Å². The molecule has 0 rings (SSSR count). The van der Waals surface area contributed by atoms with Gasteiger partial charge in [-0.3, -0.25) is 28.8 Å². The zero-order valence-corrected chi connectivity index (χ0v) is 26.7. The van der Waals surface area contributed by atoms with Crippen LogP contribution in [-0.4, -0.2) is 91.7 Å². The van der Waals surface area contributed by atoms with Gasteiger partial charge in [0, 0.05) is 19.5 Å². The van der Waals surface area contributed by atoms with E-state index in [-0.39, 0.29) is 42.5 Å². The molecule has 0 aliphatic carbocycles. The third-order valence-electron chi connectivity index (χ3n) is 4.59. The van der Waals surface area contributed by atoms with Crippen molar-refractivity contribution in [1.82, 2.24) is 16.0 Å². The fraction of sp³-hybridized carbons (Fsp3) is 0.786. The second-order valence-corrected chi connectivity index (χ2v) is 11.0. The van der Waals surface area contributed by atoms with Crippen LogP contribution in [0.1, 0.15) is 88.5 Å². The fourth-order valence-electron chi connectivity index (χ4n) is 3.17. The van der Waals surface area contributed by atoms with Crippen molar-refractivity contribution in [3.05, 3.63) is 0 Å². The molecule has 0 heterocycles. The van der Waals surface area contributed by atoms with Gasteiger partial charge in [-0.25, -0.2) is 0 Å². The molecule has 13 heteroatoms. The molecule has 0 aromatic rings. The van der Waals surface area contributed by atoms with Crippen LogP contribution in [0.5, 0.6) is 0 Å². The molecule has 0 fully saturated rings. The van der Waals surface area contributed by atoms with Gasteiger partial charge >= 0.3 is 5.97 Å². The average molecular weight is 594 g/mol. The predicted octanol–water partition coefficient (Wildman–Crippen LogP) is 2.41. The lowest BCUT2D eigenvalue weighted by Crippen LogP contribution is -2.55. The van der Waals surface area contributed by atoms with Crippen LogP contribution in [0, 0.1) is 10.8 Å². The zero-order chi connectivity index (χ0) is 33.1. The minimum Gasteiger partial charge on any atom is -0.483 e. The summed E-state index contributed by atoms with van der Waals surface area (Å²) in [4.78, 5) is 63.7. The molecular weight excluding hydrogens is 538 g/mol. The molecule has 3 amide bonds. The van der Waals surface area contributed by atoms with Gasteiger partial charge in [-0.05, 0) is 52.9 Å². The predicted molar refractivity (Wildman–Crippen MR) is 156 cm³/mol. The van der Waals surface area contributed by atoms with Gasteiger partial charge in [0.1, 0.15) is 12.1 Å². The molecule has 0 saturated heterocycles. The number of hydrogen-bond acceptors (Lipinski definition) is 8. The van der Waals surface area contributed by atoms with E-state index in [1.807, 2.05) is 13.8 Å². The Hall–Kier alpha value is -3.06. The molecule has 0 saturated carbocycles. The van der Waals surface area contributed by atoms with E-state index in [4.69, 9.17) is 24.5 Å². The molecule has 41 heavy (non-hydrogen) atoms. The van der Waals surface area contributed by atoms with Crippen molar-refractivity contribution in [2.45, 2.75) is 94.0 Å². The minimum absolute atomic E-state index is 0.0449. The van der Waals surface area contributed by atoms with Gasteiger partial charge in [-0.15, -0.1) is 0 Å². The molecule has 0 aromatic heterocycles.